The van der Waals surface area contributed by atoms with Crippen molar-refractivity contribution in [3.63, 3.8) is 0 Å². The van der Waals surface area contributed by atoms with Gasteiger partial charge in [0.05, 0.1) is 24.9 Å². The second-order valence-corrected chi connectivity index (χ2v) is 7.84. The lowest BCUT2D eigenvalue weighted by Gasteiger charge is -2.42. The van der Waals surface area contributed by atoms with Crippen LogP contribution in [0.2, 0.25) is 0 Å². The van der Waals surface area contributed by atoms with Gasteiger partial charge in [0.15, 0.2) is 0 Å². The molecule has 2 aliphatic heterocycles. The Labute approximate surface area is 166 Å². The van der Waals surface area contributed by atoms with E-state index in [1.165, 1.54) is 0 Å². The molecule has 152 valence electrons. The molecule has 1 N–H and O–H groups in total. The lowest BCUT2D eigenvalue weighted by atomic mass is 9.99. The molecule has 0 saturated carbocycles. The van der Waals surface area contributed by atoms with E-state index in [9.17, 15) is 4.79 Å². The lowest BCUT2D eigenvalue weighted by Crippen LogP contribution is -2.52. The van der Waals surface area contributed by atoms with Gasteiger partial charge in [0.1, 0.15) is 5.69 Å². The second kappa shape index (κ2) is 8.46. The number of amides is 1. The van der Waals surface area contributed by atoms with E-state index in [2.05, 4.69) is 26.9 Å². The van der Waals surface area contributed by atoms with E-state index >= 15 is 0 Å². The molecule has 2 aliphatic rings. The molecule has 4 rings (SSSR count). The van der Waals surface area contributed by atoms with Gasteiger partial charge in [0.2, 0.25) is 0 Å². The standard InChI is InChI=1S/C20H30N6O2/c1-23-7-4-8-25(10-9-23)15-18-19(16-13-22-24(2)14-16)26(11-12-28-18)20(27)17-5-3-6-21-17/h3,5-6,13-14,18-19,21H,4,7-12,15H2,1-2H3/t18-,19-/m0/s1. The van der Waals surface area contributed by atoms with Crippen LogP contribution in [0.3, 0.4) is 0 Å². The van der Waals surface area contributed by atoms with Gasteiger partial charge in [-0.1, -0.05) is 0 Å². The van der Waals surface area contributed by atoms with E-state index in [0.717, 1.165) is 44.7 Å². The lowest BCUT2D eigenvalue weighted by molar-refractivity contribution is -0.0724. The van der Waals surface area contributed by atoms with Crippen LogP contribution in [0.4, 0.5) is 0 Å². The minimum absolute atomic E-state index is 0.0164. The Hall–Kier alpha value is -2.16. The third-order valence-electron chi connectivity index (χ3n) is 5.76. The van der Waals surface area contributed by atoms with Crippen molar-refractivity contribution in [1.82, 2.24) is 29.5 Å². The van der Waals surface area contributed by atoms with Gasteiger partial charge in [-0.15, -0.1) is 0 Å². The third-order valence-corrected chi connectivity index (χ3v) is 5.76. The Kier molecular flexibility index (Phi) is 5.79. The van der Waals surface area contributed by atoms with Gasteiger partial charge >= 0.3 is 0 Å². The van der Waals surface area contributed by atoms with Crippen molar-refractivity contribution in [2.24, 2.45) is 7.05 Å². The SMILES string of the molecule is CN1CCCN(C[C@@H]2OCCN(C(=O)c3ccc[nH]3)[C@H]2c2cnn(C)c2)CC1. The molecular weight excluding hydrogens is 356 g/mol. The molecule has 2 fully saturated rings. The predicted molar refractivity (Wildman–Crippen MR) is 106 cm³/mol. The molecule has 4 heterocycles. The molecule has 2 atom stereocenters. The summed E-state index contributed by atoms with van der Waals surface area (Å²) in [5.41, 5.74) is 1.64. The summed E-state index contributed by atoms with van der Waals surface area (Å²) >= 11 is 0. The molecule has 2 aromatic heterocycles. The maximum Gasteiger partial charge on any atom is 0.270 e. The molecule has 1 amide bonds. The average Bonchev–Trinajstić information content (AvgIpc) is 3.33. The zero-order valence-electron chi connectivity index (χ0n) is 16.8. The van der Waals surface area contributed by atoms with Crippen LogP contribution in [0.5, 0.6) is 0 Å². The number of H-pyrrole nitrogens is 1. The smallest absolute Gasteiger partial charge is 0.270 e. The van der Waals surface area contributed by atoms with Crippen LogP contribution in [0.1, 0.15) is 28.5 Å². The number of nitrogens with zero attached hydrogens (tertiary/aromatic N) is 5. The molecule has 2 saturated heterocycles. The van der Waals surface area contributed by atoms with Crippen LogP contribution in [0.15, 0.2) is 30.7 Å². The number of hydrogen-bond donors (Lipinski definition) is 1. The zero-order chi connectivity index (χ0) is 19.5. The summed E-state index contributed by atoms with van der Waals surface area (Å²) in [6.07, 6.45) is 6.74. The van der Waals surface area contributed by atoms with Crippen molar-refractivity contribution in [3.05, 3.63) is 42.0 Å². The Morgan fingerprint density at radius 2 is 2.14 bits per heavy atom. The number of rotatable bonds is 4. The van der Waals surface area contributed by atoms with Crippen LogP contribution in [0, 0.1) is 0 Å². The van der Waals surface area contributed by atoms with Gasteiger partial charge in [-0.2, -0.15) is 5.10 Å². The van der Waals surface area contributed by atoms with E-state index in [4.69, 9.17) is 4.74 Å². The van der Waals surface area contributed by atoms with E-state index in [-0.39, 0.29) is 18.1 Å². The first kappa shape index (κ1) is 19.2. The van der Waals surface area contributed by atoms with Crippen LogP contribution in [0.25, 0.3) is 0 Å². The van der Waals surface area contributed by atoms with Crippen molar-refractivity contribution >= 4 is 5.91 Å². The van der Waals surface area contributed by atoms with E-state index < -0.39 is 0 Å². The molecule has 0 spiro atoms. The van der Waals surface area contributed by atoms with Gasteiger partial charge < -0.3 is 19.5 Å². The summed E-state index contributed by atoms with van der Waals surface area (Å²) in [6.45, 7) is 6.25. The van der Waals surface area contributed by atoms with Crippen molar-refractivity contribution in [2.45, 2.75) is 18.6 Å². The van der Waals surface area contributed by atoms with Gasteiger partial charge in [-0.25, -0.2) is 0 Å². The fourth-order valence-corrected chi connectivity index (χ4v) is 4.26. The number of morpholine rings is 1. The highest BCUT2D eigenvalue weighted by Crippen LogP contribution is 2.31. The largest absolute Gasteiger partial charge is 0.373 e. The molecule has 0 bridgehead atoms. The molecular formula is C20H30N6O2. The third kappa shape index (κ3) is 4.14. The topological polar surface area (TPSA) is 69.6 Å². The first-order valence-electron chi connectivity index (χ1n) is 10.1. The number of nitrogens with one attached hydrogen (secondary N) is 1. The number of ether oxygens (including phenoxy) is 1. The predicted octanol–water partition coefficient (Wildman–Crippen LogP) is 0.968. The Balaban J connectivity index is 1.57. The van der Waals surface area contributed by atoms with Gasteiger partial charge in [0, 0.05) is 51.2 Å². The number of aryl methyl sites for hydroxylation is 1. The molecule has 0 aliphatic carbocycles. The molecule has 28 heavy (non-hydrogen) atoms. The van der Waals surface area contributed by atoms with Crippen LogP contribution >= 0.6 is 0 Å². The first-order chi connectivity index (χ1) is 13.6. The van der Waals surface area contributed by atoms with Crippen LogP contribution in [-0.4, -0.2) is 94.4 Å². The quantitative estimate of drug-likeness (QED) is 0.848. The maximum atomic E-state index is 13.2. The molecule has 2 aromatic rings. The Morgan fingerprint density at radius 1 is 1.25 bits per heavy atom. The second-order valence-electron chi connectivity index (χ2n) is 7.84. The number of hydrogen-bond acceptors (Lipinski definition) is 5. The highest BCUT2D eigenvalue weighted by atomic mass is 16.5. The fourth-order valence-electron chi connectivity index (χ4n) is 4.26. The summed E-state index contributed by atoms with van der Waals surface area (Å²) in [4.78, 5) is 23.0. The van der Waals surface area contributed by atoms with Crippen LogP contribution in [-0.2, 0) is 11.8 Å². The number of carbonyl (C=O) groups excluding carboxylic acids is 1. The normalized spacial score (nSPS) is 25.0. The Bertz CT molecular complexity index is 774. The van der Waals surface area contributed by atoms with Gasteiger partial charge in [0.25, 0.3) is 5.91 Å². The highest BCUT2D eigenvalue weighted by molar-refractivity contribution is 5.92. The highest BCUT2D eigenvalue weighted by Gasteiger charge is 2.38. The van der Waals surface area contributed by atoms with Crippen LogP contribution < -0.4 is 0 Å². The van der Waals surface area contributed by atoms with E-state index in [0.29, 0.717) is 18.8 Å². The van der Waals surface area contributed by atoms with Crippen molar-refractivity contribution in [2.75, 3.05) is 52.9 Å². The molecule has 8 nitrogen and oxygen atoms in total. The maximum absolute atomic E-state index is 13.2. The minimum atomic E-state index is -0.140. The van der Waals surface area contributed by atoms with Crippen molar-refractivity contribution in [3.8, 4) is 0 Å². The average molecular weight is 387 g/mol. The summed E-state index contributed by atoms with van der Waals surface area (Å²) in [5.74, 6) is 0.0164. The van der Waals surface area contributed by atoms with Crippen molar-refractivity contribution < 1.29 is 9.53 Å². The van der Waals surface area contributed by atoms with E-state index in [1.54, 1.807) is 10.9 Å². The first-order valence-corrected chi connectivity index (χ1v) is 10.1. The minimum Gasteiger partial charge on any atom is -0.373 e. The summed E-state index contributed by atoms with van der Waals surface area (Å²) in [6, 6.07) is 3.55. The Morgan fingerprint density at radius 3 is 2.89 bits per heavy atom. The zero-order valence-corrected chi connectivity index (χ0v) is 16.8. The molecule has 0 radical (unpaired) electrons. The number of carbonyl (C=O) groups is 1. The van der Waals surface area contributed by atoms with Crippen molar-refractivity contribution in [1.29, 1.82) is 0 Å². The molecule has 0 aromatic carbocycles. The summed E-state index contributed by atoms with van der Waals surface area (Å²) in [7, 11) is 4.08. The fraction of sp³-hybridized carbons (Fsp3) is 0.600. The summed E-state index contributed by atoms with van der Waals surface area (Å²) < 4.78 is 8.02. The number of likely N-dealkylation sites (N-methyl/N-ethyl adjacent to an activating group) is 1. The molecule has 8 heteroatoms. The van der Waals surface area contributed by atoms with Gasteiger partial charge in [-0.3, -0.25) is 14.4 Å². The molecule has 0 unspecified atom stereocenters. The summed E-state index contributed by atoms with van der Waals surface area (Å²) in [5, 5.41) is 4.35. The number of aromatic amines is 1. The number of aromatic nitrogens is 3. The monoisotopic (exact) mass is 386 g/mol. The van der Waals surface area contributed by atoms with E-state index in [1.807, 2.05) is 36.5 Å². The van der Waals surface area contributed by atoms with Gasteiger partial charge in [-0.05, 0) is 38.7 Å².